The molecule has 1 aromatic rings. The van der Waals surface area contributed by atoms with Gasteiger partial charge in [0.25, 0.3) is 0 Å². The standard InChI is InChI=1S/C30H46N2O4S/c1-19(2)25(31)18-36-23-13-11-22(12-14-23)32(28(33)21-9-7-20(3)8-10-21)26-17-24(15-16-30(4,5)6)37-27(26)29(34)35/h17,19-23,25H,7-14,18,31H2,1-6H3,(H,34,35). The van der Waals surface area contributed by atoms with E-state index in [9.17, 15) is 14.7 Å². The Morgan fingerprint density at radius 1 is 1.14 bits per heavy atom. The van der Waals surface area contributed by atoms with Crippen molar-refractivity contribution in [2.75, 3.05) is 11.5 Å². The lowest BCUT2D eigenvalue weighted by molar-refractivity contribution is -0.124. The molecule has 7 heteroatoms. The van der Waals surface area contributed by atoms with E-state index in [4.69, 9.17) is 10.5 Å². The molecule has 3 N–H and O–H groups in total. The highest BCUT2D eigenvalue weighted by Crippen LogP contribution is 2.39. The summed E-state index contributed by atoms with van der Waals surface area (Å²) in [5, 5.41) is 10.1. The molecule has 2 saturated carbocycles. The second kappa shape index (κ2) is 12.8. The summed E-state index contributed by atoms with van der Waals surface area (Å²) in [6, 6.07) is 1.81. The summed E-state index contributed by atoms with van der Waals surface area (Å²) in [6.45, 7) is 13.1. The zero-order valence-electron chi connectivity index (χ0n) is 23.5. The fraction of sp³-hybridized carbons (Fsp3) is 0.733. The first-order valence-electron chi connectivity index (χ1n) is 14.0. The zero-order chi connectivity index (χ0) is 27.3. The molecule has 2 fully saturated rings. The molecule has 2 aliphatic carbocycles. The van der Waals surface area contributed by atoms with Crippen molar-refractivity contribution in [3.8, 4) is 11.8 Å². The van der Waals surface area contributed by atoms with E-state index in [1.165, 1.54) is 11.3 Å². The maximum absolute atomic E-state index is 14.0. The Morgan fingerprint density at radius 3 is 2.30 bits per heavy atom. The average Bonchev–Trinajstić information content (AvgIpc) is 3.26. The van der Waals surface area contributed by atoms with Gasteiger partial charge in [0.1, 0.15) is 4.88 Å². The molecule has 1 aromatic heterocycles. The van der Waals surface area contributed by atoms with Crippen LogP contribution in [-0.4, -0.2) is 41.8 Å². The van der Waals surface area contributed by atoms with Gasteiger partial charge in [0.15, 0.2) is 0 Å². The number of nitrogens with zero attached hydrogens (tertiary/aromatic N) is 1. The SMILES string of the molecule is CC1CCC(C(=O)N(c2cc(C#CC(C)(C)C)sc2C(=O)O)C2CCC(OCC(N)C(C)C)CC2)CC1. The van der Waals surface area contributed by atoms with Crippen LogP contribution in [-0.2, 0) is 9.53 Å². The molecule has 0 aliphatic heterocycles. The summed E-state index contributed by atoms with van der Waals surface area (Å²) in [7, 11) is 0. The lowest BCUT2D eigenvalue weighted by atomic mass is 9.81. The topological polar surface area (TPSA) is 92.9 Å². The summed E-state index contributed by atoms with van der Waals surface area (Å²) >= 11 is 1.17. The Hall–Kier alpha value is -1.88. The zero-order valence-corrected chi connectivity index (χ0v) is 24.3. The van der Waals surface area contributed by atoms with Crippen LogP contribution in [0.25, 0.3) is 0 Å². The highest BCUT2D eigenvalue weighted by molar-refractivity contribution is 7.15. The Balaban J connectivity index is 1.87. The fourth-order valence-electron chi connectivity index (χ4n) is 5.13. The lowest BCUT2D eigenvalue weighted by Gasteiger charge is -2.39. The van der Waals surface area contributed by atoms with Crippen LogP contribution in [0.1, 0.15) is 107 Å². The normalized spacial score (nSPS) is 25.3. The van der Waals surface area contributed by atoms with Crippen LogP contribution in [0.2, 0.25) is 0 Å². The van der Waals surface area contributed by atoms with E-state index in [0.717, 1.165) is 51.4 Å². The smallest absolute Gasteiger partial charge is 0.348 e. The first-order valence-corrected chi connectivity index (χ1v) is 14.8. The van der Waals surface area contributed by atoms with E-state index in [2.05, 4.69) is 32.6 Å². The summed E-state index contributed by atoms with van der Waals surface area (Å²) in [5.74, 6) is 6.39. The number of amides is 1. The van der Waals surface area contributed by atoms with Gasteiger partial charge in [0, 0.05) is 23.4 Å². The molecular formula is C30H46N2O4S. The second-order valence-corrected chi connectivity index (χ2v) is 13.5. The van der Waals surface area contributed by atoms with Gasteiger partial charge < -0.3 is 20.5 Å². The van der Waals surface area contributed by atoms with Crippen molar-refractivity contribution >= 4 is 28.9 Å². The van der Waals surface area contributed by atoms with Gasteiger partial charge >= 0.3 is 5.97 Å². The van der Waals surface area contributed by atoms with Crippen LogP contribution in [0.15, 0.2) is 6.07 Å². The summed E-state index contributed by atoms with van der Waals surface area (Å²) in [6.07, 6.45) is 7.19. The van der Waals surface area contributed by atoms with Gasteiger partial charge in [0.2, 0.25) is 5.91 Å². The number of hydrogen-bond acceptors (Lipinski definition) is 5. The van der Waals surface area contributed by atoms with Crippen molar-refractivity contribution in [2.45, 2.75) is 111 Å². The van der Waals surface area contributed by atoms with Gasteiger partial charge in [-0.25, -0.2) is 4.79 Å². The summed E-state index contributed by atoms with van der Waals surface area (Å²) < 4.78 is 6.12. The van der Waals surface area contributed by atoms with Gasteiger partial charge in [-0.2, -0.15) is 0 Å². The molecule has 0 spiro atoms. The van der Waals surface area contributed by atoms with E-state index in [0.29, 0.717) is 29.0 Å². The Kier molecular flexibility index (Phi) is 10.2. The first kappa shape index (κ1) is 29.7. The minimum atomic E-state index is -1.00. The van der Waals surface area contributed by atoms with Crippen LogP contribution < -0.4 is 10.6 Å². The third-order valence-corrected chi connectivity index (χ3v) is 8.75. The van der Waals surface area contributed by atoms with Crippen molar-refractivity contribution in [2.24, 2.45) is 28.9 Å². The number of nitrogens with two attached hydrogens (primary N) is 1. The molecule has 1 amide bonds. The highest BCUT2D eigenvalue weighted by atomic mass is 32.1. The quantitative estimate of drug-likeness (QED) is 0.384. The number of carbonyl (C=O) groups excluding carboxylic acids is 1. The van der Waals surface area contributed by atoms with Gasteiger partial charge in [-0.05, 0) is 90.0 Å². The Bertz CT molecular complexity index is 983. The molecule has 6 nitrogen and oxygen atoms in total. The van der Waals surface area contributed by atoms with Crippen LogP contribution in [0.4, 0.5) is 5.69 Å². The van der Waals surface area contributed by atoms with Crippen molar-refractivity contribution in [1.82, 2.24) is 0 Å². The third-order valence-electron chi connectivity index (χ3n) is 7.72. The van der Waals surface area contributed by atoms with Crippen LogP contribution in [0.5, 0.6) is 0 Å². The molecule has 0 radical (unpaired) electrons. The van der Waals surface area contributed by atoms with E-state index in [1.807, 2.05) is 31.7 Å². The maximum atomic E-state index is 14.0. The predicted molar refractivity (Wildman–Crippen MR) is 151 cm³/mol. The van der Waals surface area contributed by atoms with Crippen LogP contribution >= 0.6 is 11.3 Å². The van der Waals surface area contributed by atoms with E-state index < -0.39 is 5.97 Å². The van der Waals surface area contributed by atoms with Gasteiger partial charge in [0.05, 0.1) is 23.3 Å². The highest BCUT2D eigenvalue weighted by Gasteiger charge is 2.37. The number of hydrogen-bond donors (Lipinski definition) is 2. The van der Waals surface area contributed by atoms with Crippen LogP contribution in [0.3, 0.4) is 0 Å². The molecular weight excluding hydrogens is 484 g/mol. The van der Waals surface area contributed by atoms with Crippen LogP contribution in [0, 0.1) is 35.0 Å². The minimum Gasteiger partial charge on any atom is -0.477 e. The van der Waals surface area contributed by atoms with Gasteiger partial charge in [-0.15, -0.1) is 11.3 Å². The fourth-order valence-corrected chi connectivity index (χ4v) is 5.97. The number of aromatic carboxylic acids is 1. The third kappa shape index (κ3) is 8.30. The van der Waals surface area contributed by atoms with E-state index in [-0.39, 0.29) is 40.3 Å². The van der Waals surface area contributed by atoms with Crippen molar-refractivity contribution in [3.05, 3.63) is 15.8 Å². The monoisotopic (exact) mass is 530 g/mol. The van der Waals surface area contributed by atoms with Gasteiger partial charge in [-0.1, -0.05) is 32.6 Å². The molecule has 2 aliphatic rings. The molecule has 206 valence electrons. The molecule has 0 bridgehead atoms. The molecule has 3 rings (SSSR count). The Morgan fingerprint density at radius 2 is 1.76 bits per heavy atom. The number of thiophene rings is 1. The average molecular weight is 531 g/mol. The molecule has 1 heterocycles. The molecule has 1 atom stereocenters. The van der Waals surface area contributed by atoms with Gasteiger partial charge in [-0.3, -0.25) is 4.79 Å². The Labute approximate surface area is 227 Å². The second-order valence-electron chi connectivity index (χ2n) is 12.5. The van der Waals surface area contributed by atoms with Crippen molar-refractivity contribution in [3.63, 3.8) is 0 Å². The number of carboxylic acids is 1. The van der Waals surface area contributed by atoms with Crippen molar-refractivity contribution in [1.29, 1.82) is 0 Å². The maximum Gasteiger partial charge on any atom is 0.348 e. The van der Waals surface area contributed by atoms with Crippen molar-refractivity contribution < 1.29 is 19.4 Å². The number of ether oxygens (including phenoxy) is 1. The molecule has 0 saturated heterocycles. The number of anilines is 1. The predicted octanol–water partition coefficient (Wildman–Crippen LogP) is 6.31. The largest absolute Gasteiger partial charge is 0.477 e. The van der Waals surface area contributed by atoms with E-state index in [1.54, 1.807) is 0 Å². The first-order chi connectivity index (χ1) is 17.4. The molecule has 37 heavy (non-hydrogen) atoms. The summed E-state index contributed by atoms with van der Waals surface area (Å²) in [5.41, 5.74) is 6.50. The molecule has 1 unspecified atom stereocenters. The lowest BCUT2D eigenvalue weighted by Crippen LogP contribution is -2.47. The van der Waals surface area contributed by atoms with E-state index >= 15 is 0 Å². The molecule has 0 aromatic carbocycles. The minimum absolute atomic E-state index is 0.0149. The summed E-state index contributed by atoms with van der Waals surface area (Å²) in [4.78, 5) is 29.1. The number of carbonyl (C=O) groups is 2. The number of rotatable bonds is 8. The number of carboxylic acid groups (broad SMARTS) is 1.